The summed E-state index contributed by atoms with van der Waals surface area (Å²) in [5.41, 5.74) is 1.72. The summed E-state index contributed by atoms with van der Waals surface area (Å²) < 4.78 is 1.64. The van der Waals surface area contributed by atoms with Gasteiger partial charge >= 0.3 is 0 Å². The number of carbonyl (C=O) groups is 2. The zero-order chi connectivity index (χ0) is 17.2. The quantitative estimate of drug-likeness (QED) is 0.537. The molecule has 2 aromatic rings. The van der Waals surface area contributed by atoms with Crippen LogP contribution in [0.1, 0.15) is 51.0 Å². The number of para-hydroxylation sites is 1. The minimum atomic E-state index is -0.515. The van der Waals surface area contributed by atoms with Gasteiger partial charge in [-0.2, -0.15) is 5.10 Å². The fraction of sp³-hybridized carbons (Fsp3) is 0.444. The molecule has 0 unspecified atom stereocenters. The van der Waals surface area contributed by atoms with E-state index in [2.05, 4.69) is 22.3 Å². The molecule has 0 saturated heterocycles. The van der Waals surface area contributed by atoms with Crippen molar-refractivity contribution in [1.82, 2.24) is 20.1 Å². The van der Waals surface area contributed by atoms with Gasteiger partial charge in [-0.1, -0.05) is 50.8 Å². The van der Waals surface area contributed by atoms with Crippen LogP contribution in [0.2, 0.25) is 0 Å². The van der Waals surface area contributed by atoms with Crippen molar-refractivity contribution in [2.45, 2.75) is 52.0 Å². The fourth-order valence-electron chi connectivity index (χ4n) is 2.49. The molecule has 0 atom stereocenters. The van der Waals surface area contributed by atoms with Crippen molar-refractivity contribution in [2.24, 2.45) is 0 Å². The molecule has 0 saturated carbocycles. The Morgan fingerprint density at radius 1 is 1.12 bits per heavy atom. The number of nitrogens with one attached hydrogen (secondary N) is 1. The molecule has 2 rings (SSSR count). The summed E-state index contributed by atoms with van der Waals surface area (Å²) in [6.07, 6.45) is 8.62. The maximum Gasteiger partial charge on any atom is 0.287 e. The molecule has 0 aliphatic rings. The molecule has 6 heteroatoms. The Balaban J connectivity index is 1.83. The molecule has 0 aliphatic heterocycles. The van der Waals surface area contributed by atoms with E-state index in [-0.39, 0.29) is 12.3 Å². The van der Waals surface area contributed by atoms with Crippen molar-refractivity contribution in [1.29, 1.82) is 0 Å². The Kier molecular flexibility index (Phi) is 7.14. The third kappa shape index (κ3) is 5.30. The molecular weight excluding hydrogens is 304 g/mol. The lowest BCUT2D eigenvalue weighted by Crippen LogP contribution is -2.30. The van der Waals surface area contributed by atoms with Gasteiger partial charge in [0.05, 0.1) is 5.69 Å². The molecule has 0 fully saturated rings. The van der Waals surface area contributed by atoms with E-state index in [1.807, 2.05) is 24.3 Å². The minimum Gasteiger partial charge on any atom is -0.345 e. The molecule has 24 heavy (non-hydrogen) atoms. The largest absolute Gasteiger partial charge is 0.345 e. The van der Waals surface area contributed by atoms with Crippen LogP contribution in [0.3, 0.4) is 0 Å². The molecule has 128 valence electrons. The monoisotopic (exact) mass is 328 g/mol. The minimum absolute atomic E-state index is 0.288. The van der Waals surface area contributed by atoms with Gasteiger partial charge in [0.2, 0.25) is 5.78 Å². The number of aromatic nitrogens is 3. The van der Waals surface area contributed by atoms with Crippen LogP contribution < -0.4 is 5.32 Å². The molecule has 0 bridgehead atoms. The van der Waals surface area contributed by atoms with Crippen LogP contribution in [-0.4, -0.2) is 26.5 Å². The number of Topliss-reactive ketones (excluding diaryl/α,β-unsaturated/α-hetero) is 1. The number of nitrogens with zero attached hydrogens (tertiary/aromatic N) is 3. The van der Waals surface area contributed by atoms with Gasteiger partial charge in [0, 0.05) is 13.0 Å². The molecule has 1 aromatic heterocycles. The highest BCUT2D eigenvalue weighted by Gasteiger charge is 2.13. The Bertz CT molecular complexity index is 653. The number of benzene rings is 1. The summed E-state index contributed by atoms with van der Waals surface area (Å²) in [6, 6.07) is 7.57. The molecule has 0 aliphatic carbocycles. The van der Waals surface area contributed by atoms with Crippen molar-refractivity contribution in [3.8, 4) is 5.69 Å². The van der Waals surface area contributed by atoms with Crippen LogP contribution in [0.5, 0.6) is 0 Å². The Morgan fingerprint density at radius 3 is 2.67 bits per heavy atom. The highest BCUT2D eigenvalue weighted by atomic mass is 16.2. The first-order valence-corrected chi connectivity index (χ1v) is 8.46. The molecule has 0 spiro atoms. The summed E-state index contributed by atoms with van der Waals surface area (Å²) in [5.74, 6) is -0.858. The standard InChI is InChI=1S/C18H24N4O2/c1-2-3-4-5-6-11-17(23)18(24)20-12-15-9-7-8-10-16(15)22-14-19-13-21-22/h7-10,13-14H,2-6,11-12H2,1H3,(H,20,24). The Hall–Kier alpha value is -2.50. The van der Waals surface area contributed by atoms with Gasteiger partial charge in [-0.3, -0.25) is 9.59 Å². The van der Waals surface area contributed by atoms with E-state index in [1.165, 1.54) is 19.2 Å². The van der Waals surface area contributed by atoms with Gasteiger partial charge in [-0.15, -0.1) is 0 Å². The van der Waals surface area contributed by atoms with Gasteiger partial charge < -0.3 is 5.32 Å². The van der Waals surface area contributed by atoms with E-state index in [1.54, 1.807) is 11.0 Å². The second-order valence-electron chi connectivity index (χ2n) is 5.74. The highest BCUT2D eigenvalue weighted by Crippen LogP contribution is 2.12. The van der Waals surface area contributed by atoms with Crippen molar-refractivity contribution < 1.29 is 9.59 Å². The first kappa shape index (κ1) is 17.8. The number of hydrogen-bond donors (Lipinski definition) is 1. The van der Waals surface area contributed by atoms with E-state index in [0.29, 0.717) is 6.42 Å². The molecule has 1 aromatic carbocycles. The Morgan fingerprint density at radius 2 is 1.92 bits per heavy atom. The van der Waals surface area contributed by atoms with Gasteiger partial charge in [-0.25, -0.2) is 9.67 Å². The van der Waals surface area contributed by atoms with Crippen LogP contribution in [0.15, 0.2) is 36.9 Å². The lowest BCUT2D eigenvalue weighted by atomic mass is 10.1. The molecule has 0 radical (unpaired) electrons. The van der Waals surface area contributed by atoms with Crippen molar-refractivity contribution >= 4 is 11.7 Å². The average molecular weight is 328 g/mol. The zero-order valence-electron chi connectivity index (χ0n) is 14.1. The molecule has 6 nitrogen and oxygen atoms in total. The smallest absolute Gasteiger partial charge is 0.287 e. The topological polar surface area (TPSA) is 76.9 Å². The maximum atomic E-state index is 11.9. The molecular formula is C18H24N4O2. The first-order chi connectivity index (χ1) is 11.7. The van der Waals surface area contributed by atoms with Crippen LogP contribution >= 0.6 is 0 Å². The third-order valence-electron chi connectivity index (χ3n) is 3.86. The summed E-state index contributed by atoms with van der Waals surface area (Å²) in [4.78, 5) is 27.7. The predicted molar refractivity (Wildman–Crippen MR) is 91.6 cm³/mol. The molecule has 1 amide bonds. The zero-order valence-corrected chi connectivity index (χ0v) is 14.1. The number of hydrogen-bond acceptors (Lipinski definition) is 4. The van der Waals surface area contributed by atoms with Gasteiger partial charge in [0.25, 0.3) is 5.91 Å². The lowest BCUT2D eigenvalue weighted by Gasteiger charge is -2.10. The van der Waals surface area contributed by atoms with Crippen molar-refractivity contribution in [2.75, 3.05) is 0 Å². The number of amides is 1. The van der Waals surface area contributed by atoms with E-state index in [4.69, 9.17) is 0 Å². The summed E-state index contributed by atoms with van der Waals surface area (Å²) in [6.45, 7) is 2.44. The van der Waals surface area contributed by atoms with E-state index in [9.17, 15) is 9.59 Å². The summed E-state index contributed by atoms with van der Waals surface area (Å²) in [7, 11) is 0. The lowest BCUT2D eigenvalue weighted by molar-refractivity contribution is -0.138. The maximum absolute atomic E-state index is 11.9. The van der Waals surface area contributed by atoms with Gasteiger partial charge in [0.1, 0.15) is 12.7 Å². The summed E-state index contributed by atoms with van der Waals surface area (Å²) >= 11 is 0. The number of unbranched alkanes of at least 4 members (excludes halogenated alkanes) is 4. The predicted octanol–water partition coefficient (Wildman–Crippen LogP) is 2.81. The van der Waals surface area contributed by atoms with E-state index < -0.39 is 5.91 Å². The Labute approximate surface area is 142 Å². The second-order valence-corrected chi connectivity index (χ2v) is 5.74. The number of ketones is 1. The fourth-order valence-corrected chi connectivity index (χ4v) is 2.49. The first-order valence-electron chi connectivity index (χ1n) is 8.46. The van der Waals surface area contributed by atoms with Crippen LogP contribution in [-0.2, 0) is 16.1 Å². The van der Waals surface area contributed by atoms with Crippen LogP contribution in [0.25, 0.3) is 5.69 Å². The summed E-state index contributed by atoms with van der Waals surface area (Å²) in [5, 5.41) is 6.80. The van der Waals surface area contributed by atoms with Crippen LogP contribution in [0.4, 0.5) is 0 Å². The molecule has 1 heterocycles. The number of carbonyl (C=O) groups excluding carboxylic acids is 2. The average Bonchev–Trinajstić information content (AvgIpc) is 3.14. The highest BCUT2D eigenvalue weighted by molar-refractivity contribution is 6.36. The van der Waals surface area contributed by atoms with Gasteiger partial charge in [-0.05, 0) is 18.1 Å². The van der Waals surface area contributed by atoms with Crippen LogP contribution in [0, 0.1) is 0 Å². The van der Waals surface area contributed by atoms with E-state index in [0.717, 1.165) is 30.5 Å². The van der Waals surface area contributed by atoms with E-state index >= 15 is 0 Å². The normalized spacial score (nSPS) is 10.5. The van der Waals surface area contributed by atoms with Crippen molar-refractivity contribution in [3.05, 3.63) is 42.5 Å². The third-order valence-corrected chi connectivity index (χ3v) is 3.86. The number of rotatable bonds is 10. The molecule has 1 N–H and O–H groups in total. The second kappa shape index (κ2) is 9.60. The van der Waals surface area contributed by atoms with Crippen molar-refractivity contribution in [3.63, 3.8) is 0 Å². The SMILES string of the molecule is CCCCCCCC(=O)C(=O)NCc1ccccc1-n1cncn1. The van der Waals surface area contributed by atoms with Gasteiger partial charge in [0.15, 0.2) is 0 Å².